The lowest BCUT2D eigenvalue weighted by Gasteiger charge is -2.12. The maximum absolute atomic E-state index is 12.0. The number of ether oxygens (including phenoxy) is 4. The maximum atomic E-state index is 12.0. The summed E-state index contributed by atoms with van der Waals surface area (Å²) in [6.45, 7) is 0. The Morgan fingerprint density at radius 3 is 2.14 bits per heavy atom. The Kier molecular flexibility index (Phi) is 4.45. The van der Waals surface area contributed by atoms with Gasteiger partial charge in [0.25, 0.3) is 0 Å². The van der Waals surface area contributed by atoms with Gasteiger partial charge in [0.2, 0.25) is 0 Å². The SMILES string of the molecule is COC(=O)c1cc(C(=O)OC)c2cc(OC)cc(OC)c2n1. The van der Waals surface area contributed by atoms with E-state index in [0.29, 0.717) is 22.4 Å². The summed E-state index contributed by atoms with van der Waals surface area (Å²) in [6, 6.07) is 4.55. The molecule has 2 aromatic rings. The van der Waals surface area contributed by atoms with Crippen LogP contribution >= 0.6 is 0 Å². The van der Waals surface area contributed by atoms with Crippen molar-refractivity contribution in [3.63, 3.8) is 0 Å². The lowest BCUT2D eigenvalue weighted by atomic mass is 10.1. The summed E-state index contributed by atoms with van der Waals surface area (Å²) in [5, 5.41) is 0.454. The van der Waals surface area contributed by atoms with Gasteiger partial charge in [-0.2, -0.15) is 0 Å². The molecule has 116 valence electrons. The molecule has 22 heavy (non-hydrogen) atoms. The number of esters is 2. The summed E-state index contributed by atoms with van der Waals surface area (Å²) in [4.78, 5) is 28.0. The van der Waals surface area contributed by atoms with Gasteiger partial charge in [-0.1, -0.05) is 0 Å². The van der Waals surface area contributed by atoms with Gasteiger partial charge in [0, 0.05) is 11.5 Å². The molecule has 0 radical (unpaired) electrons. The molecule has 0 saturated carbocycles. The third kappa shape index (κ3) is 2.65. The molecule has 0 aliphatic heterocycles. The number of aromatic nitrogens is 1. The zero-order valence-electron chi connectivity index (χ0n) is 12.6. The van der Waals surface area contributed by atoms with Crippen LogP contribution < -0.4 is 9.47 Å². The highest BCUT2D eigenvalue weighted by Gasteiger charge is 2.20. The Balaban J connectivity index is 2.86. The molecule has 1 aromatic heterocycles. The molecule has 0 saturated heterocycles. The van der Waals surface area contributed by atoms with Gasteiger partial charge >= 0.3 is 11.9 Å². The highest BCUT2D eigenvalue weighted by molar-refractivity contribution is 6.07. The Labute approximate surface area is 126 Å². The topological polar surface area (TPSA) is 84.0 Å². The minimum absolute atomic E-state index is 0.0149. The Hall–Kier alpha value is -2.83. The van der Waals surface area contributed by atoms with Crippen LogP contribution in [-0.2, 0) is 9.47 Å². The first-order chi connectivity index (χ1) is 10.5. The summed E-state index contributed by atoms with van der Waals surface area (Å²) in [6.07, 6.45) is 0. The van der Waals surface area contributed by atoms with Gasteiger partial charge < -0.3 is 18.9 Å². The average Bonchev–Trinajstić information content (AvgIpc) is 2.58. The fourth-order valence-corrected chi connectivity index (χ4v) is 2.03. The predicted molar refractivity (Wildman–Crippen MR) is 77.5 cm³/mol. The Morgan fingerprint density at radius 2 is 1.59 bits per heavy atom. The summed E-state index contributed by atoms with van der Waals surface area (Å²) in [5.41, 5.74) is 0.496. The summed E-state index contributed by atoms with van der Waals surface area (Å²) >= 11 is 0. The lowest BCUT2D eigenvalue weighted by molar-refractivity contribution is 0.0594. The first-order valence-corrected chi connectivity index (χ1v) is 6.29. The van der Waals surface area contributed by atoms with E-state index < -0.39 is 11.9 Å². The smallest absolute Gasteiger partial charge is 0.356 e. The molecule has 0 amide bonds. The van der Waals surface area contributed by atoms with Crippen LogP contribution in [0, 0.1) is 0 Å². The molecule has 7 heteroatoms. The van der Waals surface area contributed by atoms with Gasteiger partial charge in [-0.3, -0.25) is 0 Å². The van der Waals surface area contributed by atoms with E-state index in [1.165, 1.54) is 34.5 Å². The molecule has 0 fully saturated rings. The standard InChI is InChI=1S/C15H15NO6/c1-19-8-5-9-10(14(17)21-3)7-11(15(18)22-4)16-13(9)12(6-8)20-2/h5-7H,1-4H3. The molecule has 0 aliphatic carbocycles. The molecular formula is C15H15NO6. The van der Waals surface area contributed by atoms with Crippen molar-refractivity contribution in [1.82, 2.24) is 4.98 Å². The largest absolute Gasteiger partial charge is 0.497 e. The van der Waals surface area contributed by atoms with E-state index in [-0.39, 0.29) is 11.3 Å². The lowest BCUT2D eigenvalue weighted by Crippen LogP contribution is -2.10. The normalized spacial score (nSPS) is 10.2. The Bertz CT molecular complexity index is 740. The van der Waals surface area contributed by atoms with E-state index >= 15 is 0 Å². The second-order valence-corrected chi connectivity index (χ2v) is 4.26. The molecule has 0 spiro atoms. The van der Waals surface area contributed by atoms with Crippen molar-refractivity contribution < 1.29 is 28.5 Å². The number of benzene rings is 1. The van der Waals surface area contributed by atoms with Crippen LogP contribution in [0.4, 0.5) is 0 Å². The summed E-state index contributed by atoms with van der Waals surface area (Å²) in [5.74, 6) is -0.412. The van der Waals surface area contributed by atoms with Crippen molar-refractivity contribution in [3.05, 3.63) is 29.5 Å². The van der Waals surface area contributed by atoms with Gasteiger partial charge in [-0.05, 0) is 12.1 Å². The van der Waals surface area contributed by atoms with Crippen molar-refractivity contribution in [3.8, 4) is 11.5 Å². The van der Waals surface area contributed by atoms with E-state index in [9.17, 15) is 9.59 Å². The van der Waals surface area contributed by atoms with Crippen molar-refractivity contribution >= 4 is 22.8 Å². The first kappa shape index (κ1) is 15.6. The minimum Gasteiger partial charge on any atom is -0.497 e. The number of rotatable bonds is 4. The molecule has 1 aromatic carbocycles. The second-order valence-electron chi connectivity index (χ2n) is 4.26. The van der Waals surface area contributed by atoms with Crippen LogP contribution in [0.15, 0.2) is 18.2 Å². The number of methoxy groups -OCH3 is 4. The molecule has 1 heterocycles. The highest BCUT2D eigenvalue weighted by atomic mass is 16.5. The third-order valence-electron chi connectivity index (χ3n) is 3.11. The number of hydrogen-bond donors (Lipinski definition) is 0. The summed E-state index contributed by atoms with van der Waals surface area (Å²) < 4.78 is 19.9. The first-order valence-electron chi connectivity index (χ1n) is 6.29. The predicted octanol–water partition coefficient (Wildman–Crippen LogP) is 1.83. The maximum Gasteiger partial charge on any atom is 0.356 e. The quantitative estimate of drug-likeness (QED) is 0.797. The third-order valence-corrected chi connectivity index (χ3v) is 3.11. The van der Waals surface area contributed by atoms with Crippen molar-refractivity contribution in [2.45, 2.75) is 0 Å². The number of carbonyl (C=O) groups is 2. The number of fused-ring (bicyclic) bond motifs is 1. The average molecular weight is 305 g/mol. The van der Waals surface area contributed by atoms with Crippen LogP contribution in [0.1, 0.15) is 20.8 Å². The van der Waals surface area contributed by atoms with Crippen LogP contribution in [0.5, 0.6) is 11.5 Å². The highest BCUT2D eigenvalue weighted by Crippen LogP contribution is 2.32. The van der Waals surface area contributed by atoms with E-state index in [0.717, 1.165) is 0 Å². The van der Waals surface area contributed by atoms with Gasteiger partial charge in [0.1, 0.15) is 22.7 Å². The molecule has 0 N–H and O–H groups in total. The molecule has 0 unspecified atom stereocenters. The van der Waals surface area contributed by atoms with Crippen LogP contribution in [0.25, 0.3) is 10.9 Å². The van der Waals surface area contributed by atoms with Crippen molar-refractivity contribution in [1.29, 1.82) is 0 Å². The zero-order valence-corrected chi connectivity index (χ0v) is 12.6. The van der Waals surface area contributed by atoms with E-state index in [1.54, 1.807) is 12.1 Å². The molecule has 2 rings (SSSR count). The van der Waals surface area contributed by atoms with Crippen LogP contribution in [-0.4, -0.2) is 45.4 Å². The fourth-order valence-electron chi connectivity index (χ4n) is 2.03. The van der Waals surface area contributed by atoms with Gasteiger partial charge in [-0.25, -0.2) is 14.6 Å². The molecule has 0 aliphatic rings. The molecule has 0 bridgehead atoms. The summed E-state index contributed by atoms with van der Waals surface area (Å²) in [7, 11) is 5.44. The number of pyridine rings is 1. The monoisotopic (exact) mass is 305 g/mol. The van der Waals surface area contributed by atoms with Gasteiger partial charge in [-0.15, -0.1) is 0 Å². The number of nitrogens with zero attached hydrogens (tertiary/aromatic N) is 1. The number of hydrogen-bond acceptors (Lipinski definition) is 7. The van der Waals surface area contributed by atoms with E-state index in [1.807, 2.05) is 0 Å². The van der Waals surface area contributed by atoms with E-state index in [4.69, 9.17) is 14.2 Å². The zero-order chi connectivity index (χ0) is 16.3. The van der Waals surface area contributed by atoms with E-state index in [2.05, 4.69) is 9.72 Å². The minimum atomic E-state index is -0.662. The molecule has 7 nitrogen and oxygen atoms in total. The van der Waals surface area contributed by atoms with Gasteiger partial charge in [0.05, 0.1) is 34.0 Å². The Morgan fingerprint density at radius 1 is 0.909 bits per heavy atom. The molecular weight excluding hydrogens is 290 g/mol. The van der Waals surface area contributed by atoms with Crippen LogP contribution in [0.2, 0.25) is 0 Å². The molecule has 0 atom stereocenters. The fraction of sp³-hybridized carbons (Fsp3) is 0.267. The van der Waals surface area contributed by atoms with Crippen molar-refractivity contribution in [2.75, 3.05) is 28.4 Å². The van der Waals surface area contributed by atoms with Gasteiger partial charge in [0.15, 0.2) is 0 Å². The van der Waals surface area contributed by atoms with Crippen LogP contribution in [0.3, 0.4) is 0 Å². The van der Waals surface area contributed by atoms with Crippen molar-refractivity contribution in [2.24, 2.45) is 0 Å². The second kappa shape index (κ2) is 6.30. The number of carbonyl (C=O) groups excluding carboxylic acids is 2.